The minimum Gasteiger partial charge on any atom is -0.497 e. The Labute approximate surface area is 169 Å². The highest BCUT2D eigenvalue weighted by Gasteiger charge is 2.23. The normalized spacial score (nSPS) is 16.9. The Balaban J connectivity index is 1.52. The zero-order valence-corrected chi connectivity index (χ0v) is 17.5. The molecular weight excluding hydrogens is 348 g/mol. The number of ether oxygens (including phenoxy) is 1. The molecule has 150 valence electrons. The van der Waals surface area contributed by atoms with E-state index < -0.39 is 0 Å². The average Bonchev–Trinajstić information content (AvgIpc) is 3.19. The van der Waals surface area contributed by atoms with E-state index in [9.17, 15) is 0 Å². The second kappa shape index (κ2) is 9.49. The molecule has 5 heteroatoms. The predicted octanol–water partition coefficient (Wildman–Crippen LogP) is 3.54. The van der Waals surface area contributed by atoms with Gasteiger partial charge in [-0.25, -0.2) is 0 Å². The number of nitrogens with one attached hydrogen (secondary N) is 1. The third-order valence-corrected chi connectivity index (χ3v) is 5.50. The highest BCUT2D eigenvalue weighted by atomic mass is 16.5. The molecule has 3 rings (SSSR count). The zero-order valence-electron chi connectivity index (χ0n) is 17.5. The van der Waals surface area contributed by atoms with Gasteiger partial charge in [0.15, 0.2) is 5.96 Å². The molecule has 0 bridgehead atoms. The highest BCUT2D eigenvalue weighted by molar-refractivity contribution is 5.79. The second-order valence-electron chi connectivity index (χ2n) is 7.51. The van der Waals surface area contributed by atoms with Crippen molar-refractivity contribution in [2.75, 3.05) is 45.7 Å². The first-order chi connectivity index (χ1) is 13.6. The van der Waals surface area contributed by atoms with E-state index >= 15 is 0 Å². The van der Waals surface area contributed by atoms with Gasteiger partial charge in [0.1, 0.15) is 5.75 Å². The topological polar surface area (TPSA) is 40.1 Å². The summed E-state index contributed by atoms with van der Waals surface area (Å²) in [6, 6.07) is 16.8. The lowest BCUT2D eigenvalue weighted by Crippen LogP contribution is -2.41. The number of guanidine groups is 1. The van der Waals surface area contributed by atoms with Crippen LogP contribution in [-0.4, -0.2) is 51.7 Å². The van der Waals surface area contributed by atoms with Crippen LogP contribution in [0.5, 0.6) is 5.75 Å². The van der Waals surface area contributed by atoms with Gasteiger partial charge in [0.05, 0.1) is 7.11 Å². The molecule has 0 spiro atoms. The number of nitrogens with zero attached hydrogens (tertiary/aromatic N) is 3. The van der Waals surface area contributed by atoms with Crippen molar-refractivity contribution in [3.05, 3.63) is 59.7 Å². The van der Waals surface area contributed by atoms with E-state index in [-0.39, 0.29) is 0 Å². The second-order valence-corrected chi connectivity index (χ2v) is 7.51. The number of aliphatic imine (C=N–C) groups is 1. The van der Waals surface area contributed by atoms with E-state index in [0.717, 1.165) is 37.9 Å². The molecule has 2 aromatic carbocycles. The summed E-state index contributed by atoms with van der Waals surface area (Å²) in [5.41, 5.74) is 3.88. The lowest BCUT2D eigenvalue weighted by molar-refractivity contribution is 0.415. The molecule has 1 saturated heterocycles. The first-order valence-electron chi connectivity index (χ1n) is 9.96. The van der Waals surface area contributed by atoms with Gasteiger partial charge in [-0.1, -0.05) is 30.3 Å². The first kappa shape index (κ1) is 20.1. The van der Waals surface area contributed by atoms with Crippen LogP contribution < -0.4 is 15.0 Å². The van der Waals surface area contributed by atoms with Crippen LogP contribution >= 0.6 is 0 Å². The van der Waals surface area contributed by atoms with Crippen LogP contribution in [0.25, 0.3) is 0 Å². The number of benzene rings is 2. The van der Waals surface area contributed by atoms with Crippen LogP contribution in [-0.2, 0) is 6.54 Å². The van der Waals surface area contributed by atoms with Gasteiger partial charge in [-0.05, 0) is 42.5 Å². The molecule has 0 amide bonds. The summed E-state index contributed by atoms with van der Waals surface area (Å²) in [5, 5.41) is 3.57. The summed E-state index contributed by atoms with van der Waals surface area (Å²) in [4.78, 5) is 9.11. The molecule has 1 N–H and O–H groups in total. The maximum atomic E-state index is 5.36. The van der Waals surface area contributed by atoms with Crippen molar-refractivity contribution in [2.45, 2.75) is 19.9 Å². The zero-order chi connectivity index (χ0) is 19.9. The predicted molar refractivity (Wildman–Crippen MR) is 117 cm³/mol. The molecule has 1 aliphatic heterocycles. The van der Waals surface area contributed by atoms with E-state index in [1.807, 2.05) is 13.1 Å². The van der Waals surface area contributed by atoms with Crippen LogP contribution in [0, 0.1) is 12.8 Å². The molecule has 0 aromatic heterocycles. The Morgan fingerprint density at radius 1 is 1.25 bits per heavy atom. The van der Waals surface area contributed by atoms with Crippen LogP contribution in [0.3, 0.4) is 0 Å². The van der Waals surface area contributed by atoms with E-state index in [0.29, 0.717) is 5.92 Å². The van der Waals surface area contributed by atoms with Crippen molar-refractivity contribution in [3.8, 4) is 5.75 Å². The summed E-state index contributed by atoms with van der Waals surface area (Å²) in [7, 11) is 5.67. The smallest absolute Gasteiger partial charge is 0.193 e. The van der Waals surface area contributed by atoms with Crippen LogP contribution in [0.1, 0.15) is 17.5 Å². The molecule has 0 aliphatic carbocycles. The van der Waals surface area contributed by atoms with E-state index in [4.69, 9.17) is 4.74 Å². The fourth-order valence-corrected chi connectivity index (χ4v) is 3.78. The summed E-state index contributed by atoms with van der Waals surface area (Å²) in [6.45, 7) is 6.08. The number of anilines is 1. The molecule has 0 saturated carbocycles. The standard InChI is InChI=1S/C23H32N4O/c1-18-8-5-6-9-20(18)17-26(3)23(24-2)25-15-19-12-13-27(16-19)21-10-7-11-22(14-21)28-4/h5-11,14,19H,12-13,15-17H2,1-4H3,(H,24,25). The van der Waals surface area contributed by atoms with E-state index in [2.05, 4.69) is 76.5 Å². The van der Waals surface area contributed by atoms with Gasteiger partial charge in [0.2, 0.25) is 0 Å². The Bertz CT molecular complexity index is 805. The summed E-state index contributed by atoms with van der Waals surface area (Å²) in [6.07, 6.45) is 1.18. The number of methoxy groups -OCH3 is 1. The van der Waals surface area contributed by atoms with Crippen molar-refractivity contribution in [1.29, 1.82) is 0 Å². The Hall–Kier alpha value is -2.69. The SMILES string of the molecule is CN=C(NCC1CCN(c2cccc(OC)c2)C1)N(C)Cc1ccccc1C. The Morgan fingerprint density at radius 3 is 2.82 bits per heavy atom. The molecule has 1 atom stereocenters. The van der Waals surface area contributed by atoms with E-state index in [1.54, 1.807) is 7.11 Å². The third kappa shape index (κ3) is 4.97. The highest BCUT2D eigenvalue weighted by Crippen LogP contribution is 2.26. The molecule has 1 heterocycles. The van der Waals surface area contributed by atoms with Gasteiger partial charge >= 0.3 is 0 Å². The van der Waals surface area contributed by atoms with Gasteiger partial charge in [0.25, 0.3) is 0 Å². The number of rotatable bonds is 6. The van der Waals surface area contributed by atoms with Crippen LogP contribution in [0.2, 0.25) is 0 Å². The van der Waals surface area contributed by atoms with Crippen LogP contribution in [0.15, 0.2) is 53.5 Å². The maximum Gasteiger partial charge on any atom is 0.193 e. The average molecular weight is 381 g/mol. The third-order valence-electron chi connectivity index (χ3n) is 5.50. The van der Waals surface area contributed by atoms with Crippen molar-refractivity contribution in [1.82, 2.24) is 10.2 Å². The Kier molecular flexibility index (Phi) is 6.80. The fraction of sp³-hybridized carbons (Fsp3) is 0.435. The van der Waals surface area contributed by atoms with Gasteiger partial charge in [0, 0.05) is 52.0 Å². The minimum atomic E-state index is 0.606. The molecule has 28 heavy (non-hydrogen) atoms. The number of aryl methyl sites for hydroxylation is 1. The van der Waals surface area contributed by atoms with Crippen molar-refractivity contribution in [2.24, 2.45) is 10.9 Å². The summed E-state index contributed by atoms with van der Waals surface area (Å²) in [5.74, 6) is 2.47. The van der Waals surface area contributed by atoms with Gasteiger partial charge in [-0.3, -0.25) is 4.99 Å². The first-order valence-corrected chi connectivity index (χ1v) is 9.96. The summed E-state index contributed by atoms with van der Waals surface area (Å²) >= 11 is 0. The largest absolute Gasteiger partial charge is 0.497 e. The van der Waals surface area contributed by atoms with Gasteiger partial charge in [-0.15, -0.1) is 0 Å². The lowest BCUT2D eigenvalue weighted by Gasteiger charge is -2.24. The summed E-state index contributed by atoms with van der Waals surface area (Å²) < 4.78 is 5.36. The monoisotopic (exact) mass is 380 g/mol. The maximum absolute atomic E-state index is 5.36. The molecule has 5 nitrogen and oxygen atoms in total. The van der Waals surface area contributed by atoms with Crippen LogP contribution in [0.4, 0.5) is 5.69 Å². The van der Waals surface area contributed by atoms with Gasteiger partial charge in [-0.2, -0.15) is 0 Å². The molecule has 0 radical (unpaired) electrons. The fourth-order valence-electron chi connectivity index (χ4n) is 3.78. The quantitative estimate of drug-likeness (QED) is 0.615. The van der Waals surface area contributed by atoms with Crippen molar-refractivity contribution >= 4 is 11.6 Å². The number of hydrogen-bond acceptors (Lipinski definition) is 3. The molecule has 1 aliphatic rings. The molecule has 1 fully saturated rings. The molecule has 2 aromatic rings. The van der Waals surface area contributed by atoms with Crippen molar-refractivity contribution < 1.29 is 4.74 Å². The molecule has 1 unspecified atom stereocenters. The number of hydrogen-bond donors (Lipinski definition) is 1. The minimum absolute atomic E-state index is 0.606. The lowest BCUT2D eigenvalue weighted by atomic mass is 10.1. The van der Waals surface area contributed by atoms with Crippen molar-refractivity contribution in [3.63, 3.8) is 0 Å². The van der Waals surface area contributed by atoms with E-state index in [1.165, 1.54) is 23.2 Å². The molecular formula is C23H32N4O. The van der Waals surface area contributed by atoms with Gasteiger partial charge < -0.3 is 19.9 Å². The Morgan fingerprint density at radius 2 is 2.07 bits per heavy atom.